The summed E-state index contributed by atoms with van der Waals surface area (Å²) in [6.45, 7) is 0.630. The number of likely N-dealkylation sites (tertiary alicyclic amines) is 1. The van der Waals surface area contributed by atoms with Gasteiger partial charge in [-0.2, -0.15) is 0 Å². The number of hydrogen-bond acceptors (Lipinski definition) is 5. The van der Waals surface area contributed by atoms with Crippen LogP contribution >= 0.6 is 0 Å². The predicted molar refractivity (Wildman–Crippen MR) is 104 cm³/mol. The summed E-state index contributed by atoms with van der Waals surface area (Å²) >= 11 is 0. The van der Waals surface area contributed by atoms with Crippen LogP contribution in [0.2, 0.25) is 0 Å². The lowest BCUT2D eigenvalue weighted by Crippen LogP contribution is -2.45. The smallest absolute Gasteiger partial charge is 0.415 e. The third-order valence-corrected chi connectivity index (χ3v) is 4.99. The number of ether oxygens (including phenoxy) is 2. The Hall–Kier alpha value is -3.42. The fourth-order valence-electron chi connectivity index (χ4n) is 3.54. The topological polar surface area (TPSA) is 93.1 Å². The van der Waals surface area contributed by atoms with Gasteiger partial charge in [-0.1, -0.05) is 30.3 Å². The Bertz CT molecular complexity index is 886. The summed E-state index contributed by atoms with van der Waals surface area (Å²) in [6, 6.07) is 14.7. The van der Waals surface area contributed by atoms with Gasteiger partial charge in [0.15, 0.2) is 0 Å². The molecule has 158 valence electrons. The van der Waals surface area contributed by atoms with E-state index in [0.717, 1.165) is 5.56 Å². The van der Waals surface area contributed by atoms with Crippen LogP contribution in [0, 0.1) is 11.7 Å². The van der Waals surface area contributed by atoms with Gasteiger partial charge < -0.3 is 19.5 Å². The maximum absolute atomic E-state index is 13.3. The molecule has 0 aliphatic carbocycles. The number of amides is 1. The standard InChI is InChI=1S/C22H22FNO6/c23-17-8-6-15(7-9-17)19-10-11-24(22(28)30-18-4-2-1-3-5-18)13-16(19)14-29-21(27)12-20(25)26/h1-9,16,19H,10-14H2,(H,25,26)/t16-,19-/m0/s1. The van der Waals surface area contributed by atoms with Gasteiger partial charge >= 0.3 is 18.0 Å². The number of carboxylic acids is 1. The normalized spacial score (nSPS) is 18.5. The van der Waals surface area contributed by atoms with Gasteiger partial charge in [-0.3, -0.25) is 9.59 Å². The lowest BCUT2D eigenvalue weighted by molar-refractivity contribution is -0.152. The number of carbonyl (C=O) groups is 3. The number of nitrogens with zero attached hydrogens (tertiary/aromatic N) is 1. The first-order chi connectivity index (χ1) is 14.4. The van der Waals surface area contributed by atoms with Gasteiger partial charge in [0.1, 0.15) is 18.0 Å². The van der Waals surface area contributed by atoms with E-state index in [4.69, 9.17) is 14.6 Å². The summed E-state index contributed by atoms with van der Waals surface area (Å²) in [7, 11) is 0. The number of carboxylic acid groups (broad SMARTS) is 1. The highest BCUT2D eigenvalue weighted by atomic mass is 19.1. The van der Waals surface area contributed by atoms with Crippen LogP contribution in [0.4, 0.5) is 9.18 Å². The van der Waals surface area contributed by atoms with Crippen molar-refractivity contribution in [3.05, 3.63) is 66.0 Å². The molecule has 1 amide bonds. The summed E-state index contributed by atoms with van der Waals surface area (Å²) in [6.07, 6.45) is -0.676. The molecule has 2 atom stereocenters. The van der Waals surface area contributed by atoms with Crippen molar-refractivity contribution in [1.29, 1.82) is 0 Å². The van der Waals surface area contributed by atoms with E-state index in [1.807, 2.05) is 6.07 Å². The summed E-state index contributed by atoms with van der Waals surface area (Å²) in [5.41, 5.74) is 0.867. The maximum atomic E-state index is 13.3. The summed E-state index contributed by atoms with van der Waals surface area (Å²) in [5.74, 6) is -2.41. The van der Waals surface area contributed by atoms with Crippen molar-refractivity contribution in [3.63, 3.8) is 0 Å². The lowest BCUT2D eigenvalue weighted by Gasteiger charge is -2.38. The molecule has 1 fully saturated rings. The van der Waals surface area contributed by atoms with Crippen LogP contribution < -0.4 is 4.74 Å². The lowest BCUT2D eigenvalue weighted by atomic mass is 9.81. The molecule has 1 saturated heterocycles. The molecule has 1 heterocycles. The molecule has 30 heavy (non-hydrogen) atoms. The molecular formula is C22H22FNO6. The van der Waals surface area contributed by atoms with Gasteiger partial charge in [0.25, 0.3) is 0 Å². The Kier molecular flexibility index (Phi) is 7.00. The van der Waals surface area contributed by atoms with Crippen LogP contribution in [0.5, 0.6) is 5.75 Å². The molecule has 0 saturated carbocycles. The second-order valence-corrected chi connectivity index (χ2v) is 7.09. The zero-order chi connectivity index (χ0) is 21.5. The number of esters is 1. The van der Waals surface area contributed by atoms with E-state index in [9.17, 15) is 18.8 Å². The first-order valence-electron chi connectivity index (χ1n) is 9.57. The fraction of sp³-hybridized carbons (Fsp3) is 0.318. The first kappa shape index (κ1) is 21.3. The third-order valence-electron chi connectivity index (χ3n) is 4.99. The van der Waals surface area contributed by atoms with Gasteiger partial charge in [0, 0.05) is 19.0 Å². The minimum absolute atomic E-state index is 0.0523. The highest BCUT2D eigenvalue weighted by molar-refractivity contribution is 5.90. The third kappa shape index (κ3) is 5.79. The van der Waals surface area contributed by atoms with Crippen molar-refractivity contribution in [2.75, 3.05) is 19.7 Å². The Morgan fingerprint density at radius 2 is 1.77 bits per heavy atom. The number of rotatable bonds is 6. The average Bonchev–Trinajstić information content (AvgIpc) is 2.73. The van der Waals surface area contributed by atoms with Crippen molar-refractivity contribution in [3.8, 4) is 5.75 Å². The molecule has 1 aliphatic heterocycles. The zero-order valence-electron chi connectivity index (χ0n) is 16.2. The van der Waals surface area contributed by atoms with Gasteiger partial charge in [0.2, 0.25) is 0 Å². The maximum Gasteiger partial charge on any atom is 0.415 e. The predicted octanol–water partition coefficient (Wildman–Crippen LogP) is 3.45. The molecule has 7 nitrogen and oxygen atoms in total. The molecule has 0 bridgehead atoms. The molecule has 8 heteroatoms. The number of hydrogen-bond donors (Lipinski definition) is 1. The second-order valence-electron chi connectivity index (χ2n) is 7.09. The molecule has 0 spiro atoms. The largest absolute Gasteiger partial charge is 0.481 e. The number of para-hydroxylation sites is 1. The Labute approximate surface area is 173 Å². The van der Waals surface area contributed by atoms with Crippen molar-refractivity contribution < 1.29 is 33.4 Å². The van der Waals surface area contributed by atoms with Gasteiger partial charge in [-0.25, -0.2) is 9.18 Å². The number of benzene rings is 2. The Balaban J connectivity index is 1.70. The Morgan fingerprint density at radius 1 is 1.07 bits per heavy atom. The minimum Gasteiger partial charge on any atom is -0.481 e. The highest BCUT2D eigenvalue weighted by Crippen LogP contribution is 2.34. The molecule has 0 radical (unpaired) electrons. The number of carbonyl (C=O) groups excluding carboxylic acids is 2. The molecule has 2 aromatic carbocycles. The monoisotopic (exact) mass is 415 g/mol. The molecule has 3 rings (SSSR count). The Morgan fingerprint density at radius 3 is 2.43 bits per heavy atom. The van der Waals surface area contributed by atoms with Gasteiger partial charge in [0.05, 0.1) is 6.61 Å². The molecule has 2 aromatic rings. The first-order valence-corrected chi connectivity index (χ1v) is 9.57. The summed E-state index contributed by atoms with van der Waals surface area (Å²) < 4.78 is 23.8. The number of halogens is 1. The second kappa shape index (κ2) is 9.87. The average molecular weight is 415 g/mol. The van der Waals surface area contributed by atoms with Gasteiger partial charge in [-0.15, -0.1) is 0 Å². The van der Waals surface area contributed by atoms with E-state index in [2.05, 4.69) is 0 Å². The summed E-state index contributed by atoms with van der Waals surface area (Å²) in [4.78, 5) is 36.5. The van der Waals surface area contributed by atoms with Crippen molar-refractivity contribution in [2.24, 2.45) is 5.92 Å². The van der Waals surface area contributed by atoms with E-state index in [-0.39, 0.29) is 30.8 Å². The van der Waals surface area contributed by atoms with Crippen molar-refractivity contribution in [2.45, 2.75) is 18.8 Å². The van der Waals surface area contributed by atoms with E-state index in [1.165, 1.54) is 17.0 Å². The summed E-state index contributed by atoms with van der Waals surface area (Å²) in [5, 5.41) is 8.73. The molecule has 0 unspecified atom stereocenters. The molecular weight excluding hydrogens is 393 g/mol. The SMILES string of the molecule is O=C(O)CC(=O)OC[C@@H]1CN(C(=O)Oc2ccccc2)CC[C@H]1c1ccc(F)cc1. The highest BCUT2D eigenvalue weighted by Gasteiger charge is 2.34. The van der Waals surface area contributed by atoms with E-state index < -0.39 is 24.5 Å². The van der Waals surface area contributed by atoms with E-state index in [1.54, 1.807) is 36.4 Å². The van der Waals surface area contributed by atoms with Crippen molar-refractivity contribution in [1.82, 2.24) is 4.90 Å². The quantitative estimate of drug-likeness (QED) is 0.574. The van der Waals surface area contributed by atoms with Crippen LogP contribution in [-0.4, -0.2) is 47.7 Å². The molecule has 1 N–H and O–H groups in total. The molecule has 0 aromatic heterocycles. The fourth-order valence-corrected chi connectivity index (χ4v) is 3.54. The van der Waals surface area contributed by atoms with Gasteiger partial charge in [-0.05, 0) is 42.2 Å². The molecule has 1 aliphatic rings. The zero-order valence-corrected chi connectivity index (χ0v) is 16.2. The van der Waals surface area contributed by atoms with Crippen LogP contribution in [0.15, 0.2) is 54.6 Å². The number of aliphatic carboxylic acids is 1. The van der Waals surface area contributed by atoms with E-state index >= 15 is 0 Å². The number of piperidine rings is 1. The van der Waals surface area contributed by atoms with E-state index in [0.29, 0.717) is 18.7 Å². The van der Waals surface area contributed by atoms with Crippen LogP contribution in [0.1, 0.15) is 24.3 Å². The minimum atomic E-state index is -1.27. The van der Waals surface area contributed by atoms with Crippen LogP contribution in [0.3, 0.4) is 0 Å². The van der Waals surface area contributed by atoms with Crippen molar-refractivity contribution >= 4 is 18.0 Å². The van der Waals surface area contributed by atoms with Crippen LogP contribution in [-0.2, 0) is 14.3 Å². The van der Waals surface area contributed by atoms with Crippen LogP contribution in [0.25, 0.3) is 0 Å².